The summed E-state index contributed by atoms with van der Waals surface area (Å²) in [7, 11) is 0. The number of hydrogen-bond donors (Lipinski definition) is 3. The summed E-state index contributed by atoms with van der Waals surface area (Å²) in [6.07, 6.45) is 5.33. The van der Waals surface area contributed by atoms with Gasteiger partial charge in [0.2, 0.25) is 0 Å². The van der Waals surface area contributed by atoms with Gasteiger partial charge in [-0.25, -0.2) is 9.78 Å². The van der Waals surface area contributed by atoms with Gasteiger partial charge in [-0.1, -0.05) is 0 Å². The molecule has 3 N–H and O–H groups in total. The first-order valence-corrected chi connectivity index (χ1v) is 5.73. The molecule has 0 aliphatic rings. The Morgan fingerprint density at radius 1 is 1.35 bits per heavy atom. The molecule has 2 aromatic rings. The van der Waals surface area contributed by atoms with Crippen LogP contribution >= 0.6 is 0 Å². The number of rotatable bonds is 5. The van der Waals surface area contributed by atoms with Crippen molar-refractivity contribution in [3.8, 4) is 5.75 Å². The van der Waals surface area contributed by atoms with Crippen LogP contribution in [0.4, 0.5) is 0 Å². The van der Waals surface area contributed by atoms with Crippen molar-refractivity contribution in [2.24, 2.45) is 0 Å². The highest BCUT2D eigenvalue weighted by Crippen LogP contribution is 2.07. The summed E-state index contributed by atoms with van der Waals surface area (Å²) in [5, 5.41) is 20.5. The Morgan fingerprint density at radius 2 is 2.15 bits per heavy atom. The van der Waals surface area contributed by atoms with Crippen LogP contribution in [0.25, 0.3) is 0 Å². The number of carbonyl (C=O) groups excluding carboxylic acids is 1. The third-order valence-electron chi connectivity index (χ3n) is 2.49. The average molecular weight is 276 g/mol. The van der Waals surface area contributed by atoms with E-state index in [1.54, 1.807) is 4.57 Å². The van der Waals surface area contributed by atoms with Crippen LogP contribution in [0.15, 0.2) is 31.0 Å². The SMILES string of the molecule is O=C(NCCn1cnc(C(=O)O)c1)c1cncc(O)c1. The predicted molar refractivity (Wildman–Crippen MR) is 67.4 cm³/mol. The fourth-order valence-electron chi connectivity index (χ4n) is 1.55. The number of pyridine rings is 1. The van der Waals surface area contributed by atoms with Gasteiger partial charge >= 0.3 is 5.97 Å². The number of imidazole rings is 1. The van der Waals surface area contributed by atoms with Crippen molar-refractivity contribution in [1.29, 1.82) is 0 Å². The second kappa shape index (κ2) is 5.83. The van der Waals surface area contributed by atoms with E-state index >= 15 is 0 Å². The second-order valence-corrected chi connectivity index (χ2v) is 3.99. The van der Waals surface area contributed by atoms with Gasteiger partial charge in [0.15, 0.2) is 5.69 Å². The van der Waals surface area contributed by atoms with Crippen LogP contribution < -0.4 is 5.32 Å². The Kier molecular flexibility index (Phi) is 3.94. The fraction of sp³-hybridized carbons (Fsp3) is 0.167. The molecule has 1 amide bonds. The van der Waals surface area contributed by atoms with Crippen LogP contribution in [0, 0.1) is 0 Å². The van der Waals surface area contributed by atoms with Gasteiger partial charge in [-0.2, -0.15) is 0 Å². The van der Waals surface area contributed by atoms with Crippen molar-refractivity contribution in [2.75, 3.05) is 6.54 Å². The molecule has 0 atom stereocenters. The molecule has 0 radical (unpaired) electrons. The second-order valence-electron chi connectivity index (χ2n) is 3.99. The van der Waals surface area contributed by atoms with Gasteiger partial charge in [0.05, 0.1) is 18.1 Å². The van der Waals surface area contributed by atoms with Crippen LogP contribution in [0.1, 0.15) is 20.8 Å². The lowest BCUT2D eigenvalue weighted by Crippen LogP contribution is -2.27. The van der Waals surface area contributed by atoms with E-state index in [4.69, 9.17) is 5.11 Å². The normalized spacial score (nSPS) is 10.2. The maximum atomic E-state index is 11.7. The molecule has 8 nitrogen and oxygen atoms in total. The van der Waals surface area contributed by atoms with Gasteiger partial charge in [-0.05, 0) is 6.07 Å². The lowest BCUT2D eigenvalue weighted by molar-refractivity contribution is 0.0690. The standard InChI is InChI=1S/C12H12N4O4/c17-9-3-8(4-13-5-9)11(18)14-1-2-16-6-10(12(19)20)15-7-16/h3-7,17H,1-2H2,(H,14,18)(H,19,20). The number of nitrogens with one attached hydrogen (secondary N) is 1. The third kappa shape index (κ3) is 3.31. The quantitative estimate of drug-likeness (QED) is 0.713. The summed E-state index contributed by atoms with van der Waals surface area (Å²) in [5.74, 6) is -1.55. The predicted octanol–water partition coefficient (Wildman–Crippen LogP) is 0.112. The summed E-state index contributed by atoms with van der Waals surface area (Å²) in [4.78, 5) is 29.8. The largest absolute Gasteiger partial charge is 0.506 e. The van der Waals surface area contributed by atoms with E-state index < -0.39 is 5.97 Å². The molecule has 8 heteroatoms. The van der Waals surface area contributed by atoms with Crippen LogP contribution in [0.2, 0.25) is 0 Å². The number of aromatic nitrogens is 3. The number of carboxylic acids is 1. The van der Waals surface area contributed by atoms with E-state index in [0.717, 1.165) is 0 Å². The van der Waals surface area contributed by atoms with E-state index in [2.05, 4.69) is 15.3 Å². The van der Waals surface area contributed by atoms with Gasteiger partial charge in [-0.3, -0.25) is 9.78 Å². The molecule has 104 valence electrons. The Balaban J connectivity index is 1.86. The van der Waals surface area contributed by atoms with Gasteiger partial charge in [-0.15, -0.1) is 0 Å². The molecule has 2 aromatic heterocycles. The Labute approximate surface area is 113 Å². The number of aromatic hydroxyl groups is 1. The van der Waals surface area contributed by atoms with Crippen LogP contribution in [-0.4, -0.2) is 43.2 Å². The third-order valence-corrected chi connectivity index (χ3v) is 2.49. The molecule has 0 fully saturated rings. The van der Waals surface area contributed by atoms with Crippen molar-refractivity contribution < 1.29 is 19.8 Å². The van der Waals surface area contributed by atoms with Crippen LogP contribution in [0.5, 0.6) is 5.75 Å². The number of aromatic carboxylic acids is 1. The lowest BCUT2D eigenvalue weighted by Gasteiger charge is -2.05. The molecule has 0 saturated heterocycles. The molecule has 20 heavy (non-hydrogen) atoms. The van der Waals surface area contributed by atoms with Crippen molar-refractivity contribution in [1.82, 2.24) is 19.9 Å². The molecule has 2 rings (SSSR count). The number of hydrogen-bond acceptors (Lipinski definition) is 5. The highest BCUT2D eigenvalue weighted by Gasteiger charge is 2.08. The summed E-state index contributed by atoms with van der Waals surface area (Å²) >= 11 is 0. The molecule has 0 saturated carbocycles. The highest BCUT2D eigenvalue weighted by atomic mass is 16.4. The summed E-state index contributed by atoms with van der Waals surface area (Å²) in [5.41, 5.74) is 0.204. The van der Waals surface area contributed by atoms with E-state index in [1.165, 1.54) is 31.0 Å². The van der Waals surface area contributed by atoms with Crippen molar-refractivity contribution in [3.05, 3.63) is 42.2 Å². The van der Waals surface area contributed by atoms with Crippen LogP contribution in [0.3, 0.4) is 0 Å². The fourth-order valence-corrected chi connectivity index (χ4v) is 1.55. The molecule has 0 bridgehead atoms. The molecule has 0 spiro atoms. The summed E-state index contributed by atoms with van der Waals surface area (Å²) in [6, 6.07) is 1.31. The summed E-state index contributed by atoms with van der Waals surface area (Å²) < 4.78 is 1.56. The molecule has 0 unspecified atom stereocenters. The number of carbonyl (C=O) groups is 2. The molecule has 2 heterocycles. The van der Waals surface area contributed by atoms with Gasteiger partial charge < -0.3 is 20.1 Å². The zero-order valence-corrected chi connectivity index (χ0v) is 10.4. The first-order chi connectivity index (χ1) is 9.56. The maximum Gasteiger partial charge on any atom is 0.356 e. The minimum atomic E-state index is -1.10. The van der Waals surface area contributed by atoms with Crippen molar-refractivity contribution in [3.63, 3.8) is 0 Å². The first-order valence-electron chi connectivity index (χ1n) is 5.73. The van der Waals surface area contributed by atoms with E-state index in [1.807, 2.05) is 0 Å². The summed E-state index contributed by atoms with van der Waals surface area (Å²) in [6.45, 7) is 0.683. The van der Waals surface area contributed by atoms with E-state index in [0.29, 0.717) is 13.1 Å². The molecule has 0 aliphatic carbocycles. The van der Waals surface area contributed by atoms with Gasteiger partial charge in [0, 0.05) is 25.5 Å². The Bertz CT molecular complexity index is 638. The number of amides is 1. The van der Waals surface area contributed by atoms with E-state index in [-0.39, 0.29) is 22.9 Å². The minimum Gasteiger partial charge on any atom is -0.506 e. The topological polar surface area (TPSA) is 117 Å². The molecule has 0 aromatic carbocycles. The number of nitrogens with zero attached hydrogens (tertiary/aromatic N) is 3. The van der Waals surface area contributed by atoms with Crippen molar-refractivity contribution >= 4 is 11.9 Å². The van der Waals surface area contributed by atoms with E-state index in [9.17, 15) is 14.7 Å². The highest BCUT2D eigenvalue weighted by molar-refractivity contribution is 5.94. The zero-order valence-electron chi connectivity index (χ0n) is 10.4. The molecular formula is C12H12N4O4. The first kappa shape index (κ1) is 13.5. The Hall–Kier alpha value is -2.90. The smallest absolute Gasteiger partial charge is 0.356 e. The van der Waals surface area contributed by atoms with Crippen LogP contribution in [-0.2, 0) is 6.54 Å². The molecular weight excluding hydrogens is 264 g/mol. The van der Waals surface area contributed by atoms with Gasteiger partial charge in [0.25, 0.3) is 5.91 Å². The lowest BCUT2D eigenvalue weighted by atomic mass is 10.2. The molecule has 0 aliphatic heterocycles. The average Bonchev–Trinajstić information content (AvgIpc) is 2.87. The number of carboxylic acid groups (broad SMARTS) is 1. The Morgan fingerprint density at radius 3 is 2.80 bits per heavy atom. The van der Waals surface area contributed by atoms with Gasteiger partial charge in [0.1, 0.15) is 5.75 Å². The minimum absolute atomic E-state index is 0.0477. The monoisotopic (exact) mass is 276 g/mol. The maximum absolute atomic E-state index is 11.7. The van der Waals surface area contributed by atoms with Crippen molar-refractivity contribution in [2.45, 2.75) is 6.54 Å². The zero-order chi connectivity index (χ0) is 14.5.